The molecular weight excluding hydrogens is 454 g/mol. The van der Waals surface area contributed by atoms with Crippen LogP contribution in [0, 0.1) is 0 Å². The maximum Gasteiger partial charge on any atom is 0.229 e. The lowest BCUT2D eigenvalue weighted by Gasteiger charge is -2.30. The Labute approximate surface area is 200 Å². The summed E-state index contributed by atoms with van der Waals surface area (Å²) in [6.07, 6.45) is 2.51. The summed E-state index contributed by atoms with van der Waals surface area (Å²) < 4.78 is 49.3. The fraction of sp³-hybridized carbons (Fsp3) is 0.308. The van der Waals surface area contributed by atoms with Gasteiger partial charge in [0.25, 0.3) is 0 Å². The summed E-state index contributed by atoms with van der Waals surface area (Å²) in [5.74, 6) is 2.14. The zero-order chi connectivity index (χ0) is 24.1. The number of nitrogens with one attached hydrogen (secondary N) is 1. The van der Waals surface area contributed by atoms with Crippen molar-refractivity contribution in [2.45, 2.75) is 18.9 Å². The zero-order valence-electron chi connectivity index (χ0n) is 19.5. The van der Waals surface area contributed by atoms with Crippen LogP contribution < -0.4 is 18.9 Å². The monoisotopic (exact) mass is 483 g/mol. The van der Waals surface area contributed by atoms with Crippen LogP contribution in [0.4, 0.5) is 5.69 Å². The fourth-order valence-corrected chi connectivity index (χ4v) is 4.63. The van der Waals surface area contributed by atoms with Crippen LogP contribution in [-0.2, 0) is 14.8 Å². The van der Waals surface area contributed by atoms with Gasteiger partial charge in [0.2, 0.25) is 10.0 Å². The standard InChI is InChI=1S/C26H29NO6S/c1-30-14-4-5-15-32-20-9-6-8-18(16-20)26-22-17-19(27-34(3,28)29)12-13-21(22)25-23(31-2)10-7-11-24(25)33-26/h6-13,16-17,26-27H,4-5,14-15H2,1-3H3. The molecule has 0 radical (unpaired) electrons. The number of methoxy groups -OCH3 is 2. The van der Waals surface area contributed by atoms with Gasteiger partial charge in [-0.2, -0.15) is 0 Å². The van der Waals surface area contributed by atoms with Crippen molar-refractivity contribution in [2.75, 3.05) is 38.4 Å². The highest BCUT2D eigenvalue weighted by Crippen LogP contribution is 2.49. The molecule has 1 heterocycles. The van der Waals surface area contributed by atoms with Crippen LogP contribution in [0.25, 0.3) is 11.1 Å². The van der Waals surface area contributed by atoms with Gasteiger partial charge in [-0.3, -0.25) is 4.72 Å². The smallest absolute Gasteiger partial charge is 0.229 e. The molecule has 0 spiro atoms. The molecule has 4 rings (SSSR count). The molecule has 1 unspecified atom stereocenters. The Morgan fingerprint density at radius 1 is 0.971 bits per heavy atom. The Morgan fingerprint density at radius 2 is 1.76 bits per heavy atom. The molecule has 0 amide bonds. The first kappa shape index (κ1) is 23.9. The Morgan fingerprint density at radius 3 is 2.53 bits per heavy atom. The molecule has 7 nitrogen and oxygen atoms in total. The molecule has 1 aliphatic heterocycles. The van der Waals surface area contributed by atoms with Crippen molar-refractivity contribution in [1.82, 2.24) is 0 Å². The lowest BCUT2D eigenvalue weighted by atomic mass is 9.88. The molecule has 8 heteroatoms. The molecule has 1 aliphatic rings. The quantitative estimate of drug-likeness (QED) is 0.408. The van der Waals surface area contributed by atoms with E-state index >= 15 is 0 Å². The van der Waals surface area contributed by atoms with Crippen LogP contribution in [-0.4, -0.2) is 42.1 Å². The van der Waals surface area contributed by atoms with Gasteiger partial charge in [0, 0.05) is 30.5 Å². The maximum atomic E-state index is 11.8. The molecule has 3 aromatic carbocycles. The van der Waals surface area contributed by atoms with E-state index in [0.29, 0.717) is 30.4 Å². The SMILES string of the molecule is COCCCCOc1cccc(C2Oc3cccc(OC)c3-c3ccc(NS(C)(=O)=O)cc32)c1. The number of hydrogen-bond acceptors (Lipinski definition) is 6. The van der Waals surface area contributed by atoms with Crippen LogP contribution >= 0.6 is 0 Å². The molecular formula is C26H29NO6S. The van der Waals surface area contributed by atoms with Gasteiger partial charge in [-0.15, -0.1) is 0 Å². The highest BCUT2D eigenvalue weighted by atomic mass is 32.2. The molecule has 0 bridgehead atoms. The predicted octanol–water partition coefficient (Wildman–Crippen LogP) is 5.02. The number of unbranched alkanes of at least 4 members (excludes halogenated alkanes) is 1. The molecule has 0 saturated heterocycles. The summed E-state index contributed by atoms with van der Waals surface area (Å²) in [5.41, 5.74) is 3.98. The average molecular weight is 484 g/mol. The number of ether oxygens (including phenoxy) is 4. The van der Waals surface area contributed by atoms with Crippen LogP contribution in [0.3, 0.4) is 0 Å². The first-order valence-electron chi connectivity index (χ1n) is 11.1. The maximum absolute atomic E-state index is 11.8. The van der Waals surface area contributed by atoms with E-state index in [9.17, 15) is 8.42 Å². The fourth-order valence-electron chi connectivity index (χ4n) is 4.07. The van der Waals surface area contributed by atoms with E-state index in [1.165, 1.54) is 0 Å². The van der Waals surface area contributed by atoms with Crippen molar-refractivity contribution in [3.63, 3.8) is 0 Å². The van der Waals surface area contributed by atoms with Gasteiger partial charge in [0.15, 0.2) is 0 Å². The third kappa shape index (κ3) is 5.46. The number of benzene rings is 3. The van der Waals surface area contributed by atoms with E-state index in [4.69, 9.17) is 18.9 Å². The van der Waals surface area contributed by atoms with Crippen LogP contribution in [0.1, 0.15) is 30.1 Å². The van der Waals surface area contributed by atoms with E-state index < -0.39 is 16.1 Å². The molecule has 0 fully saturated rings. The van der Waals surface area contributed by atoms with Crippen molar-refractivity contribution in [3.8, 4) is 28.4 Å². The molecule has 34 heavy (non-hydrogen) atoms. The van der Waals surface area contributed by atoms with E-state index in [-0.39, 0.29) is 0 Å². The summed E-state index contributed by atoms with van der Waals surface area (Å²) in [7, 11) is -0.117. The second-order valence-corrected chi connectivity index (χ2v) is 9.88. The van der Waals surface area contributed by atoms with Crippen molar-refractivity contribution in [2.24, 2.45) is 0 Å². The number of hydrogen-bond donors (Lipinski definition) is 1. The lowest BCUT2D eigenvalue weighted by molar-refractivity contribution is 0.184. The van der Waals surface area contributed by atoms with E-state index in [1.54, 1.807) is 20.3 Å². The number of anilines is 1. The minimum Gasteiger partial charge on any atom is -0.496 e. The summed E-state index contributed by atoms with van der Waals surface area (Å²) in [6, 6.07) is 18.9. The number of rotatable bonds is 10. The zero-order valence-corrected chi connectivity index (χ0v) is 20.4. The minimum atomic E-state index is -3.43. The minimum absolute atomic E-state index is 0.451. The van der Waals surface area contributed by atoms with Crippen molar-refractivity contribution < 1.29 is 27.4 Å². The Hall–Kier alpha value is -3.23. The predicted molar refractivity (Wildman–Crippen MR) is 132 cm³/mol. The van der Waals surface area contributed by atoms with Gasteiger partial charge in [0.1, 0.15) is 23.4 Å². The third-order valence-corrected chi connectivity index (χ3v) is 6.14. The van der Waals surface area contributed by atoms with Gasteiger partial charge < -0.3 is 18.9 Å². The van der Waals surface area contributed by atoms with E-state index in [1.807, 2.05) is 54.6 Å². The highest BCUT2D eigenvalue weighted by molar-refractivity contribution is 7.92. The van der Waals surface area contributed by atoms with E-state index in [0.717, 1.165) is 47.1 Å². The first-order chi connectivity index (χ1) is 16.4. The van der Waals surface area contributed by atoms with Gasteiger partial charge in [-0.25, -0.2) is 8.42 Å². The highest BCUT2D eigenvalue weighted by Gasteiger charge is 2.30. The summed E-state index contributed by atoms with van der Waals surface area (Å²) in [5, 5.41) is 0. The second kappa shape index (κ2) is 10.4. The Bertz CT molecular complexity index is 1260. The molecule has 0 saturated carbocycles. The number of fused-ring (bicyclic) bond motifs is 3. The van der Waals surface area contributed by atoms with Crippen LogP contribution in [0.5, 0.6) is 17.2 Å². The van der Waals surface area contributed by atoms with Gasteiger partial charge in [-0.1, -0.05) is 24.3 Å². The lowest BCUT2D eigenvalue weighted by Crippen LogP contribution is -2.17. The molecule has 0 aromatic heterocycles. The van der Waals surface area contributed by atoms with Gasteiger partial charge >= 0.3 is 0 Å². The Kier molecular flexibility index (Phi) is 7.29. The molecule has 3 aromatic rings. The first-order valence-corrected chi connectivity index (χ1v) is 13.0. The molecule has 1 N–H and O–H groups in total. The van der Waals surface area contributed by atoms with Gasteiger partial charge in [0.05, 0.1) is 25.5 Å². The van der Waals surface area contributed by atoms with Crippen molar-refractivity contribution in [1.29, 1.82) is 0 Å². The summed E-state index contributed by atoms with van der Waals surface area (Å²) >= 11 is 0. The van der Waals surface area contributed by atoms with Crippen LogP contribution in [0.15, 0.2) is 60.7 Å². The number of sulfonamides is 1. The summed E-state index contributed by atoms with van der Waals surface area (Å²) in [4.78, 5) is 0. The van der Waals surface area contributed by atoms with Crippen LogP contribution in [0.2, 0.25) is 0 Å². The average Bonchev–Trinajstić information content (AvgIpc) is 2.82. The second-order valence-electron chi connectivity index (χ2n) is 8.13. The summed E-state index contributed by atoms with van der Waals surface area (Å²) in [6.45, 7) is 1.31. The normalized spacial score (nSPS) is 14.5. The van der Waals surface area contributed by atoms with E-state index in [2.05, 4.69) is 4.72 Å². The topological polar surface area (TPSA) is 83.1 Å². The Balaban J connectivity index is 1.72. The molecule has 1 atom stereocenters. The van der Waals surface area contributed by atoms with Crippen molar-refractivity contribution >= 4 is 15.7 Å². The van der Waals surface area contributed by atoms with Crippen molar-refractivity contribution in [3.05, 3.63) is 71.8 Å². The third-order valence-electron chi connectivity index (χ3n) is 5.53. The molecule has 0 aliphatic carbocycles. The largest absolute Gasteiger partial charge is 0.496 e. The van der Waals surface area contributed by atoms with Gasteiger partial charge in [-0.05, 0) is 54.8 Å². The molecule has 180 valence electrons.